The summed E-state index contributed by atoms with van der Waals surface area (Å²) in [5.41, 5.74) is 2.99. The highest BCUT2D eigenvalue weighted by Crippen LogP contribution is 1.96. The van der Waals surface area contributed by atoms with Crippen LogP contribution in [0.2, 0.25) is 0 Å². The second kappa shape index (κ2) is 3.85. The molecule has 0 unspecified atom stereocenters. The second-order valence-electron chi connectivity index (χ2n) is 2.55. The van der Waals surface area contributed by atoms with E-state index in [9.17, 15) is 0 Å². The van der Waals surface area contributed by atoms with Crippen molar-refractivity contribution in [3.8, 4) is 0 Å². The van der Waals surface area contributed by atoms with Gasteiger partial charge in [0, 0.05) is 26.7 Å². The van der Waals surface area contributed by atoms with Gasteiger partial charge >= 0.3 is 0 Å². The molecule has 64 valence electrons. The van der Waals surface area contributed by atoms with Crippen LogP contribution in [-0.2, 0) is 0 Å². The highest BCUT2D eigenvalue weighted by Gasteiger charge is 2.15. The van der Waals surface area contributed by atoms with E-state index in [-0.39, 0.29) is 6.61 Å². The third-order valence-electron chi connectivity index (χ3n) is 1.65. The molecule has 0 amide bonds. The Balaban J connectivity index is 2.38. The van der Waals surface area contributed by atoms with Crippen LogP contribution in [0, 0.1) is 0 Å². The van der Waals surface area contributed by atoms with Crippen LogP contribution >= 0.6 is 12.2 Å². The van der Waals surface area contributed by atoms with Crippen molar-refractivity contribution in [1.29, 1.82) is 0 Å². The van der Waals surface area contributed by atoms with Crippen LogP contribution in [0.15, 0.2) is 0 Å². The Morgan fingerprint density at radius 3 is 2.91 bits per heavy atom. The van der Waals surface area contributed by atoms with E-state index in [4.69, 9.17) is 17.3 Å². The fourth-order valence-electron chi connectivity index (χ4n) is 0.996. The van der Waals surface area contributed by atoms with Gasteiger partial charge in [0.1, 0.15) is 0 Å². The number of aliphatic hydroxyl groups excluding tert-OH is 1. The van der Waals surface area contributed by atoms with E-state index >= 15 is 0 Å². The van der Waals surface area contributed by atoms with Gasteiger partial charge in [-0.1, -0.05) is 0 Å². The molecule has 5 heteroatoms. The lowest BCUT2D eigenvalue weighted by Gasteiger charge is -2.34. The molecular weight excluding hydrogens is 162 g/mol. The normalized spacial score (nSPS) is 20.2. The highest BCUT2D eigenvalue weighted by molar-refractivity contribution is 7.80. The van der Waals surface area contributed by atoms with Crippen molar-refractivity contribution in [2.45, 2.75) is 0 Å². The Bertz CT molecular complexity index is 153. The second-order valence-corrected chi connectivity index (χ2v) is 2.94. The molecule has 1 saturated heterocycles. The minimum atomic E-state index is 0.158. The molecule has 0 aromatic rings. The summed E-state index contributed by atoms with van der Waals surface area (Å²) < 4.78 is 0. The maximum Gasteiger partial charge on any atom is 0.183 e. The molecule has 0 saturated carbocycles. The van der Waals surface area contributed by atoms with Crippen molar-refractivity contribution in [2.24, 2.45) is 0 Å². The van der Waals surface area contributed by atoms with Gasteiger partial charge in [0.05, 0.1) is 6.61 Å². The molecule has 2 N–H and O–H groups in total. The van der Waals surface area contributed by atoms with Gasteiger partial charge in [-0.3, -0.25) is 5.43 Å². The Morgan fingerprint density at radius 2 is 2.36 bits per heavy atom. The van der Waals surface area contributed by atoms with Crippen molar-refractivity contribution in [1.82, 2.24) is 15.3 Å². The number of nitrogens with zero attached hydrogens (tertiary/aromatic N) is 2. The van der Waals surface area contributed by atoms with Gasteiger partial charge in [-0.15, -0.1) is 0 Å². The van der Waals surface area contributed by atoms with Gasteiger partial charge in [0.15, 0.2) is 5.11 Å². The van der Waals surface area contributed by atoms with Crippen LogP contribution in [0.3, 0.4) is 0 Å². The molecule has 1 heterocycles. The molecule has 1 aliphatic rings. The number of rotatable bonds is 2. The van der Waals surface area contributed by atoms with Crippen LogP contribution in [0.4, 0.5) is 0 Å². The Morgan fingerprint density at radius 1 is 1.64 bits per heavy atom. The Kier molecular flexibility index (Phi) is 3.04. The zero-order chi connectivity index (χ0) is 8.27. The molecule has 1 rings (SSSR count). The first-order valence-electron chi connectivity index (χ1n) is 3.61. The van der Waals surface area contributed by atoms with E-state index < -0.39 is 0 Å². The molecular formula is C6H13N3OS. The lowest BCUT2D eigenvalue weighted by molar-refractivity contribution is 0.179. The van der Waals surface area contributed by atoms with Gasteiger partial charge in [-0.25, -0.2) is 5.01 Å². The fourth-order valence-corrected chi connectivity index (χ4v) is 1.33. The van der Waals surface area contributed by atoms with Crippen LogP contribution in [0.5, 0.6) is 0 Å². The maximum absolute atomic E-state index is 8.66. The largest absolute Gasteiger partial charge is 0.395 e. The first-order chi connectivity index (χ1) is 5.24. The van der Waals surface area contributed by atoms with Crippen LogP contribution < -0.4 is 5.43 Å². The Labute approximate surface area is 71.8 Å². The standard InChI is InChI=1S/C6H13N3OS/c1-8-2-3-9(4-5-10)6(11)7-8/h10H,2-5H2,1H3,(H,7,11). The molecule has 0 aromatic carbocycles. The van der Waals surface area contributed by atoms with Crippen LogP contribution in [0.1, 0.15) is 0 Å². The summed E-state index contributed by atoms with van der Waals surface area (Å²) in [7, 11) is 1.95. The zero-order valence-electron chi connectivity index (χ0n) is 6.58. The van der Waals surface area contributed by atoms with Crippen molar-refractivity contribution >= 4 is 17.3 Å². The summed E-state index contributed by atoms with van der Waals surface area (Å²) in [4.78, 5) is 1.95. The van der Waals surface area contributed by atoms with Crippen LogP contribution in [-0.4, -0.2) is 53.4 Å². The summed E-state index contributed by atoms with van der Waals surface area (Å²) in [6, 6.07) is 0. The van der Waals surface area contributed by atoms with Gasteiger partial charge in [0.2, 0.25) is 0 Å². The average molecular weight is 175 g/mol. The fraction of sp³-hybridized carbons (Fsp3) is 0.833. The van der Waals surface area contributed by atoms with E-state index in [2.05, 4.69) is 5.43 Å². The topological polar surface area (TPSA) is 38.7 Å². The minimum absolute atomic E-state index is 0.158. The number of thiocarbonyl (C=S) groups is 1. The quantitative estimate of drug-likeness (QED) is 0.528. The predicted octanol–water partition coefficient (Wildman–Crippen LogP) is -0.984. The highest BCUT2D eigenvalue weighted by atomic mass is 32.1. The van der Waals surface area contributed by atoms with E-state index in [0.29, 0.717) is 11.7 Å². The van der Waals surface area contributed by atoms with E-state index in [1.807, 2.05) is 17.0 Å². The van der Waals surface area contributed by atoms with Crippen molar-refractivity contribution in [3.05, 3.63) is 0 Å². The summed E-state index contributed by atoms with van der Waals surface area (Å²) in [5.74, 6) is 0. The third kappa shape index (κ3) is 2.28. The van der Waals surface area contributed by atoms with Gasteiger partial charge in [-0.05, 0) is 12.2 Å². The Hall–Kier alpha value is -0.390. The van der Waals surface area contributed by atoms with Crippen molar-refractivity contribution in [3.63, 3.8) is 0 Å². The first kappa shape index (κ1) is 8.70. The number of hydrazine groups is 1. The lowest BCUT2D eigenvalue weighted by atomic mass is 10.4. The number of nitrogens with one attached hydrogen (secondary N) is 1. The molecule has 1 fully saturated rings. The van der Waals surface area contributed by atoms with Crippen LogP contribution in [0.25, 0.3) is 0 Å². The number of β-amino-alcohol motifs (C(OH)–C–C–N with tert-alkyl or cyclic N) is 1. The molecule has 0 spiro atoms. The van der Waals surface area contributed by atoms with E-state index in [1.54, 1.807) is 0 Å². The first-order valence-corrected chi connectivity index (χ1v) is 4.02. The molecule has 0 atom stereocenters. The summed E-state index contributed by atoms with van der Waals surface area (Å²) >= 11 is 5.03. The molecule has 4 nitrogen and oxygen atoms in total. The number of hydrogen-bond acceptors (Lipinski definition) is 3. The molecule has 1 aliphatic heterocycles. The molecule has 0 bridgehead atoms. The molecule has 0 radical (unpaired) electrons. The minimum Gasteiger partial charge on any atom is -0.395 e. The van der Waals surface area contributed by atoms with Crippen molar-refractivity contribution < 1.29 is 5.11 Å². The van der Waals surface area contributed by atoms with E-state index in [1.165, 1.54) is 0 Å². The van der Waals surface area contributed by atoms with Gasteiger partial charge < -0.3 is 10.0 Å². The summed E-state index contributed by atoms with van der Waals surface area (Å²) in [6.45, 7) is 2.61. The van der Waals surface area contributed by atoms with Gasteiger partial charge in [0.25, 0.3) is 0 Å². The van der Waals surface area contributed by atoms with Crippen molar-refractivity contribution in [2.75, 3.05) is 33.3 Å². The lowest BCUT2D eigenvalue weighted by Crippen LogP contribution is -2.56. The third-order valence-corrected chi connectivity index (χ3v) is 2.00. The summed E-state index contributed by atoms with van der Waals surface area (Å²) in [5, 5.41) is 11.3. The smallest absolute Gasteiger partial charge is 0.183 e. The summed E-state index contributed by atoms with van der Waals surface area (Å²) in [6.07, 6.45) is 0. The van der Waals surface area contributed by atoms with Gasteiger partial charge in [-0.2, -0.15) is 0 Å². The monoisotopic (exact) mass is 175 g/mol. The SMILES string of the molecule is CN1CCN(CCO)C(=S)N1. The molecule has 11 heavy (non-hydrogen) atoms. The number of likely N-dealkylation sites (N-methyl/N-ethyl adjacent to an activating group) is 1. The predicted molar refractivity (Wildman–Crippen MR) is 47.0 cm³/mol. The zero-order valence-corrected chi connectivity index (χ0v) is 7.39. The number of aliphatic hydroxyl groups is 1. The molecule has 0 aliphatic carbocycles. The average Bonchev–Trinajstić information content (AvgIpc) is 1.95. The van der Waals surface area contributed by atoms with E-state index in [0.717, 1.165) is 13.1 Å². The number of hydrogen-bond donors (Lipinski definition) is 2. The molecule has 0 aromatic heterocycles. The maximum atomic E-state index is 8.66.